The summed E-state index contributed by atoms with van der Waals surface area (Å²) in [4.78, 5) is 31.3. The van der Waals surface area contributed by atoms with E-state index in [0.29, 0.717) is 41.5 Å². The molecule has 35 heavy (non-hydrogen) atoms. The smallest absolute Gasteiger partial charge is 0.283 e. The molecule has 2 aromatic rings. The number of carbonyl (C=O) groups excluding carboxylic acids is 2. The second-order valence-corrected chi connectivity index (χ2v) is 9.80. The first-order valence-corrected chi connectivity index (χ1v) is 12.3. The standard InChI is InChI=1S/C24H23ClN6O3S/c1-14-10-16(15(2)30(14)18-5-3-4-17(25)12-18)11-19-22(26)31-24(27-23(19)33)35-20(28-31)13-21(32)29-6-8-34-9-7-29/h3-5,10-12,26H,6-9,13H2,1-2H3. The number of amidine groups is 2. The number of amides is 2. The first kappa shape index (κ1) is 23.5. The number of nitrogens with one attached hydrogen (secondary N) is 1. The van der Waals surface area contributed by atoms with Crippen molar-refractivity contribution < 1.29 is 14.3 Å². The van der Waals surface area contributed by atoms with Crippen LogP contribution in [0.5, 0.6) is 0 Å². The van der Waals surface area contributed by atoms with Gasteiger partial charge >= 0.3 is 0 Å². The van der Waals surface area contributed by atoms with E-state index < -0.39 is 5.91 Å². The lowest BCUT2D eigenvalue weighted by molar-refractivity contribution is -0.133. The van der Waals surface area contributed by atoms with Crippen LogP contribution in [0, 0.1) is 19.3 Å². The number of morpholine rings is 1. The summed E-state index contributed by atoms with van der Waals surface area (Å²) in [6.45, 7) is 6.07. The average molecular weight is 511 g/mol. The summed E-state index contributed by atoms with van der Waals surface area (Å²) in [6.07, 6.45) is 1.77. The molecular formula is C24H23ClN6O3S. The lowest BCUT2D eigenvalue weighted by Crippen LogP contribution is -2.41. The summed E-state index contributed by atoms with van der Waals surface area (Å²) in [7, 11) is 0. The van der Waals surface area contributed by atoms with E-state index >= 15 is 0 Å². The molecule has 180 valence electrons. The zero-order chi connectivity index (χ0) is 24.7. The number of ether oxygens (including phenoxy) is 1. The highest BCUT2D eigenvalue weighted by Crippen LogP contribution is 2.31. The number of carbonyl (C=O) groups is 2. The molecule has 9 nitrogen and oxygen atoms in total. The summed E-state index contributed by atoms with van der Waals surface area (Å²) < 4.78 is 7.34. The van der Waals surface area contributed by atoms with E-state index in [0.717, 1.165) is 34.4 Å². The van der Waals surface area contributed by atoms with Gasteiger partial charge in [0.2, 0.25) is 11.1 Å². The maximum atomic E-state index is 12.8. The quantitative estimate of drug-likeness (QED) is 0.633. The van der Waals surface area contributed by atoms with E-state index in [2.05, 4.69) is 10.1 Å². The number of aliphatic imine (C=N–C) groups is 1. The number of hydrazone groups is 1. The minimum absolute atomic E-state index is 0.0536. The predicted molar refractivity (Wildman–Crippen MR) is 137 cm³/mol. The van der Waals surface area contributed by atoms with Crippen LogP contribution in [0.15, 0.2) is 46.0 Å². The van der Waals surface area contributed by atoms with Crippen molar-refractivity contribution in [2.24, 2.45) is 10.1 Å². The molecule has 0 atom stereocenters. The first-order chi connectivity index (χ1) is 16.8. The number of nitrogens with zero attached hydrogens (tertiary/aromatic N) is 5. The Balaban J connectivity index is 1.40. The van der Waals surface area contributed by atoms with Gasteiger partial charge in [0.25, 0.3) is 5.91 Å². The first-order valence-electron chi connectivity index (χ1n) is 11.1. The van der Waals surface area contributed by atoms with Crippen LogP contribution in [0.3, 0.4) is 0 Å². The molecule has 4 heterocycles. The Hall–Kier alpha value is -3.21. The van der Waals surface area contributed by atoms with Crippen LogP contribution in [0.1, 0.15) is 23.4 Å². The number of benzene rings is 1. The summed E-state index contributed by atoms with van der Waals surface area (Å²) in [6, 6.07) is 9.49. The summed E-state index contributed by atoms with van der Waals surface area (Å²) in [5.41, 5.74) is 3.73. The zero-order valence-electron chi connectivity index (χ0n) is 19.2. The van der Waals surface area contributed by atoms with Gasteiger partial charge in [0.15, 0.2) is 5.84 Å². The normalized spacial score (nSPS) is 19.2. The minimum Gasteiger partial charge on any atom is -0.378 e. The topological polar surface area (TPSA) is 103 Å². The number of fused-ring (bicyclic) bond motifs is 1. The lowest BCUT2D eigenvalue weighted by atomic mass is 10.1. The van der Waals surface area contributed by atoms with Gasteiger partial charge in [-0.05, 0) is 61.5 Å². The van der Waals surface area contributed by atoms with E-state index in [9.17, 15) is 9.59 Å². The number of rotatable bonds is 4. The third-order valence-corrected chi connectivity index (χ3v) is 7.14. The van der Waals surface area contributed by atoms with Crippen LogP contribution in [0.4, 0.5) is 0 Å². The van der Waals surface area contributed by atoms with Crippen LogP contribution < -0.4 is 0 Å². The van der Waals surface area contributed by atoms with Crippen molar-refractivity contribution in [3.8, 4) is 5.69 Å². The Kier molecular flexibility index (Phi) is 6.35. The Bertz CT molecular complexity index is 1340. The zero-order valence-corrected chi connectivity index (χ0v) is 20.8. The molecule has 0 bridgehead atoms. The molecule has 1 saturated heterocycles. The number of aromatic nitrogens is 1. The molecule has 1 aromatic heterocycles. The fourth-order valence-corrected chi connectivity index (χ4v) is 5.32. The van der Waals surface area contributed by atoms with Gasteiger partial charge < -0.3 is 14.2 Å². The molecule has 0 unspecified atom stereocenters. The summed E-state index contributed by atoms with van der Waals surface area (Å²) in [5.74, 6) is -0.617. The minimum atomic E-state index is -0.503. The van der Waals surface area contributed by atoms with Crippen molar-refractivity contribution in [2.45, 2.75) is 20.3 Å². The number of aryl methyl sites for hydroxylation is 1. The Morgan fingerprint density at radius 3 is 2.77 bits per heavy atom. The summed E-state index contributed by atoms with van der Waals surface area (Å²) >= 11 is 7.33. The van der Waals surface area contributed by atoms with Crippen molar-refractivity contribution in [2.75, 3.05) is 26.3 Å². The molecule has 1 N–H and O–H groups in total. The highest BCUT2D eigenvalue weighted by Gasteiger charge is 2.36. The molecular weight excluding hydrogens is 488 g/mol. The van der Waals surface area contributed by atoms with Gasteiger partial charge in [-0.3, -0.25) is 15.0 Å². The van der Waals surface area contributed by atoms with Crippen molar-refractivity contribution >= 4 is 57.3 Å². The van der Waals surface area contributed by atoms with E-state index in [1.807, 2.05) is 48.7 Å². The predicted octanol–water partition coefficient (Wildman–Crippen LogP) is 3.62. The SMILES string of the molecule is Cc1cc(C=C2C(=N)N3N=C(CC(=O)N4CCOCC4)SC3=NC2=O)c(C)n1-c1cccc(Cl)c1. The molecule has 1 aromatic carbocycles. The van der Waals surface area contributed by atoms with Gasteiger partial charge in [0.05, 0.1) is 25.2 Å². The van der Waals surface area contributed by atoms with Crippen molar-refractivity contribution in [1.29, 1.82) is 5.41 Å². The molecule has 1 fully saturated rings. The molecule has 5 rings (SSSR count). The van der Waals surface area contributed by atoms with Crippen LogP contribution in [0.25, 0.3) is 11.8 Å². The molecule has 11 heteroatoms. The van der Waals surface area contributed by atoms with E-state index in [-0.39, 0.29) is 23.7 Å². The van der Waals surface area contributed by atoms with E-state index in [1.165, 1.54) is 5.01 Å². The van der Waals surface area contributed by atoms with Gasteiger partial charge in [-0.2, -0.15) is 15.1 Å². The highest BCUT2D eigenvalue weighted by molar-refractivity contribution is 8.27. The molecule has 3 aliphatic rings. The van der Waals surface area contributed by atoms with Gasteiger partial charge in [0, 0.05) is 35.2 Å². The van der Waals surface area contributed by atoms with Crippen LogP contribution in [0.2, 0.25) is 5.02 Å². The fourth-order valence-electron chi connectivity index (χ4n) is 4.26. The summed E-state index contributed by atoms with van der Waals surface area (Å²) in [5, 5.41) is 15.8. The maximum Gasteiger partial charge on any atom is 0.283 e. The van der Waals surface area contributed by atoms with Gasteiger partial charge in [-0.15, -0.1) is 0 Å². The van der Waals surface area contributed by atoms with Crippen molar-refractivity contribution in [1.82, 2.24) is 14.5 Å². The number of thioether (sulfide) groups is 1. The average Bonchev–Trinajstić information content (AvgIpc) is 3.36. The Morgan fingerprint density at radius 2 is 2.03 bits per heavy atom. The lowest BCUT2D eigenvalue weighted by Gasteiger charge is -2.26. The third kappa shape index (κ3) is 4.56. The van der Waals surface area contributed by atoms with Gasteiger partial charge in [0.1, 0.15) is 5.04 Å². The van der Waals surface area contributed by atoms with Crippen LogP contribution >= 0.6 is 23.4 Å². The van der Waals surface area contributed by atoms with Gasteiger partial charge in [-0.25, -0.2) is 0 Å². The maximum absolute atomic E-state index is 12.8. The van der Waals surface area contributed by atoms with Gasteiger partial charge in [-0.1, -0.05) is 17.7 Å². The molecule has 2 amide bonds. The largest absolute Gasteiger partial charge is 0.378 e. The fraction of sp³-hybridized carbons (Fsp3) is 0.292. The molecule has 0 saturated carbocycles. The van der Waals surface area contributed by atoms with E-state index in [1.54, 1.807) is 11.0 Å². The van der Waals surface area contributed by atoms with Crippen LogP contribution in [-0.4, -0.2) is 68.6 Å². The van der Waals surface area contributed by atoms with Crippen LogP contribution in [-0.2, 0) is 14.3 Å². The second kappa shape index (κ2) is 9.44. The number of hydrogen-bond acceptors (Lipinski definition) is 6. The number of hydrogen-bond donors (Lipinski definition) is 1. The van der Waals surface area contributed by atoms with Crippen molar-refractivity contribution in [3.63, 3.8) is 0 Å². The molecule has 3 aliphatic heterocycles. The second-order valence-electron chi connectivity index (χ2n) is 8.33. The highest BCUT2D eigenvalue weighted by atomic mass is 35.5. The Morgan fingerprint density at radius 1 is 1.26 bits per heavy atom. The third-order valence-electron chi connectivity index (χ3n) is 6.00. The Labute approximate surface area is 211 Å². The van der Waals surface area contributed by atoms with Crippen molar-refractivity contribution in [3.05, 3.63) is 57.9 Å². The number of halogens is 1. The molecule has 0 spiro atoms. The molecule has 0 aliphatic carbocycles. The monoisotopic (exact) mass is 510 g/mol. The van der Waals surface area contributed by atoms with E-state index in [4.69, 9.17) is 21.7 Å². The molecule has 0 radical (unpaired) electrons.